The van der Waals surface area contributed by atoms with Crippen LogP contribution in [0.1, 0.15) is 51.5 Å². The molecule has 2 heteroatoms. The third-order valence-corrected chi connectivity index (χ3v) is 3.13. The van der Waals surface area contributed by atoms with Crippen LogP contribution >= 0.6 is 0 Å². The third kappa shape index (κ3) is 7.44. The number of hydrogen-bond donors (Lipinski definition) is 1. The Morgan fingerprint density at radius 2 is 1.67 bits per heavy atom. The van der Waals surface area contributed by atoms with E-state index >= 15 is 0 Å². The largest absolute Gasteiger partial charge is 0.313 e. The molecule has 0 amide bonds. The van der Waals surface area contributed by atoms with E-state index < -0.39 is 0 Å². The van der Waals surface area contributed by atoms with Crippen molar-refractivity contribution >= 4 is 0 Å². The van der Waals surface area contributed by atoms with Gasteiger partial charge < -0.3 is 5.32 Å². The molecule has 0 aliphatic rings. The summed E-state index contributed by atoms with van der Waals surface area (Å²) in [5.74, 6) is 0.672. The van der Waals surface area contributed by atoms with Crippen LogP contribution in [0.15, 0.2) is 24.3 Å². The fraction of sp³-hybridized carbons (Fsp3) is 0.625. The SMILES string of the molecule is CC(C)CCCCCCNCc1ccc(F)cc1. The molecule has 102 valence electrons. The first-order chi connectivity index (χ1) is 8.68. The van der Waals surface area contributed by atoms with Crippen LogP contribution in [-0.4, -0.2) is 6.54 Å². The van der Waals surface area contributed by atoms with Gasteiger partial charge in [-0.3, -0.25) is 0 Å². The van der Waals surface area contributed by atoms with E-state index in [2.05, 4.69) is 19.2 Å². The molecule has 0 aromatic heterocycles. The number of unbranched alkanes of at least 4 members (excludes halogenated alkanes) is 3. The molecule has 0 aliphatic heterocycles. The average molecular weight is 251 g/mol. The molecular formula is C16H26FN. The maximum atomic E-state index is 12.7. The van der Waals surface area contributed by atoms with Crippen molar-refractivity contribution in [2.45, 2.75) is 52.5 Å². The molecule has 1 nitrogen and oxygen atoms in total. The summed E-state index contributed by atoms with van der Waals surface area (Å²) in [6.07, 6.45) is 6.59. The van der Waals surface area contributed by atoms with Crippen molar-refractivity contribution in [1.82, 2.24) is 5.32 Å². The monoisotopic (exact) mass is 251 g/mol. The Labute approximate surface area is 111 Å². The molecule has 0 saturated carbocycles. The van der Waals surface area contributed by atoms with Crippen molar-refractivity contribution in [3.8, 4) is 0 Å². The average Bonchev–Trinajstić information content (AvgIpc) is 2.34. The van der Waals surface area contributed by atoms with Gasteiger partial charge in [-0.25, -0.2) is 4.39 Å². The number of rotatable bonds is 9. The van der Waals surface area contributed by atoms with Gasteiger partial charge in [0.15, 0.2) is 0 Å². The van der Waals surface area contributed by atoms with Crippen LogP contribution in [-0.2, 0) is 6.54 Å². The van der Waals surface area contributed by atoms with Crippen molar-refractivity contribution < 1.29 is 4.39 Å². The number of nitrogens with one attached hydrogen (secondary N) is 1. The number of benzene rings is 1. The van der Waals surface area contributed by atoms with Crippen LogP contribution in [0.2, 0.25) is 0 Å². The lowest BCUT2D eigenvalue weighted by Gasteiger charge is -2.06. The Morgan fingerprint density at radius 3 is 2.33 bits per heavy atom. The van der Waals surface area contributed by atoms with E-state index in [1.807, 2.05) is 12.1 Å². The molecule has 0 aliphatic carbocycles. The molecule has 1 N–H and O–H groups in total. The molecule has 0 spiro atoms. The Morgan fingerprint density at radius 1 is 1.00 bits per heavy atom. The van der Waals surface area contributed by atoms with E-state index in [9.17, 15) is 4.39 Å². The van der Waals surface area contributed by atoms with E-state index in [1.54, 1.807) is 0 Å². The fourth-order valence-corrected chi connectivity index (χ4v) is 1.99. The minimum atomic E-state index is -0.163. The highest BCUT2D eigenvalue weighted by Gasteiger charge is 1.96. The predicted molar refractivity (Wildman–Crippen MR) is 76.0 cm³/mol. The van der Waals surface area contributed by atoms with Crippen LogP contribution in [0, 0.1) is 11.7 Å². The van der Waals surface area contributed by atoms with Crippen molar-refractivity contribution in [2.24, 2.45) is 5.92 Å². The van der Waals surface area contributed by atoms with Crippen LogP contribution < -0.4 is 5.32 Å². The van der Waals surface area contributed by atoms with Gasteiger partial charge in [0.05, 0.1) is 0 Å². The summed E-state index contributed by atoms with van der Waals surface area (Å²) in [7, 11) is 0. The maximum absolute atomic E-state index is 12.7. The molecule has 0 bridgehead atoms. The fourth-order valence-electron chi connectivity index (χ4n) is 1.99. The molecule has 1 aromatic rings. The van der Waals surface area contributed by atoms with E-state index in [4.69, 9.17) is 0 Å². The lowest BCUT2D eigenvalue weighted by atomic mass is 10.0. The molecule has 0 atom stereocenters. The van der Waals surface area contributed by atoms with Gasteiger partial charge in [0.2, 0.25) is 0 Å². The highest BCUT2D eigenvalue weighted by Crippen LogP contribution is 2.09. The zero-order valence-electron chi connectivity index (χ0n) is 11.7. The predicted octanol–water partition coefficient (Wildman–Crippen LogP) is 4.52. The van der Waals surface area contributed by atoms with Gasteiger partial charge in [-0.2, -0.15) is 0 Å². The van der Waals surface area contributed by atoms with Crippen molar-refractivity contribution in [2.75, 3.05) is 6.54 Å². The molecule has 0 heterocycles. The Hall–Kier alpha value is -0.890. The minimum absolute atomic E-state index is 0.163. The second-order valence-electron chi connectivity index (χ2n) is 5.40. The summed E-state index contributed by atoms with van der Waals surface area (Å²) in [5, 5.41) is 3.40. The zero-order chi connectivity index (χ0) is 13.2. The van der Waals surface area contributed by atoms with Crippen molar-refractivity contribution in [3.05, 3.63) is 35.6 Å². The Kier molecular flexibility index (Phi) is 7.66. The molecular weight excluding hydrogens is 225 g/mol. The lowest BCUT2D eigenvalue weighted by Crippen LogP contribution is -2.14. The van der Waals surface area contributed by atoms with E-state index in [-0.39, 0.29) is 5.82 Å². The second kappa shape index (κ2) is 9.09. The summed E-state index contributed by atoms with van der Waals surface area (Å²) in [6, 6.07) is 6.71. The molecule has 1 aromatic carbocycles. The first-order valence-corrected chi connectivity index (χ1v) is 7.13. The van der Waals surface area contributed by atoms with Crippen molar-refractivity contribution in [3.63, 3.8) is 0 Å². The van der Waals surface area contributed by atoms with Crippen molar-refractivity contribution in [1.29, 1.82) is 0 Å². The zero-order valence-corrected chi connectivity index (χ0v) is 11.7. The topological polar surface area (TPSA) is 12.0 Å². The van der Waals surface area contributed by atoms with Gasteiger partial charge in [0.1, 0.15) is 5.82 Å². The second-order valence-corrected chi connectivity index (χ2v) is 5.40. The van der Waals surface area contributed by atoms with Gasteiger partial charge in [-0.1, -0.05) is 51.7 Å². The van der Waals surface area contributed by atoms with E-state index in [0.717, 1.165) is 24.6 Å². The van der Waals surface area contributed by atoms with Crippen LogP contribution in [0.5, 0.6) is 0 Å². The van der Waals surface area contributed by atoms with Gasteiger partial charge in [0, 0.05) is 6.54 Å². The molecule has 0 saturated heterocycles. The highest BCUT2D eigenvalue weighted by atomic mass is 19.1. The summed E-state index contributed by atoms with van der Waals surface area (Å²) < 4.78 is 12.7. The smallest absolute Gasteiger partial charge is 0.123 e. The van der Waals surface area contributed by atoms with Gasteiger partial charge >= 0.3 is 0 Å². The van der Waals surface area contributed by atoms with Gasteiger partial charge in [-0.15, -0.1) is 0 Å². The van der Waals surface area contributed by atoms with E-state index in [0.29, 0.717) is 0 Å². The normalized spacial score (nSPS) is 11.1. The van der Waals surface area contributed by atoms with Crippen LogP contribution in [0.3, 0.4) is 0 Å². The standard InChI is InChI=1S/C16H26FN/c1-14(2)7-5-3-4-6-12-18-13-15-8-10-16(17)11-9-15/h8-11,14,18H,3-7,12-13H2,1-2H3. The maximum Gasteiger partial charge on any atom is 0.123 e. The molecule has 0 radical (unpaired) electrons. The van der Waals surface area contributed by atoms with E-state index in [1.165, 1.54) is 44.2 Å². The molecule has 0 fully saturated rings. The number of hydrogen-bond acceptors (Lipinski definition) is 1. The summed E-state index contributed by atoms with van der Waals surface area (Å²) in [4.78, 5) is 0. The quantitative estimate of drug-likeness (QED) is 0.636. The Bertz CT molecular complexity index is 305. The first-order valence-electron chi connectivity index (χ1n) is 7.13. The number of halogens is 1. The van der Waals surface area contributed by atoms with Crippen LogP contribution in [0.25, 0.3) is 0 Å². The third-order valence-electron chi connectivity index (χ3n) is 3.13. The summed E-state index contributed by atoms with van der Waals surface area (Å²) in [5.41, 5.74) is 1.15. The summed E-state index contributed by atoms with van der Waals surface area (Å²) in [6.45, 7) is 6.46. The summed E-state index contributed by atoms with van der Waals surface area (Å²) >= 11 is 0. The highest BCUT2D eigenvalue weighted by molar-refractivity contribution is 5.15. The molecule has 1 rings (SSSR count). The lowest BCUT2D eigenvalue weighted by molar-refractivity contribution is 0.512. The minimum Gasteiger partial charge on any atom is -0.313 e. The van der Waals surface area contributed by atoms with Gasteiger partial charge in [0.25, 0.3) is 0 Å². The molecule has 0 unspecified atom stereocenters. The Balaban J connectivity index is 1.94. The van der Waals surface area contributed by atoms with Crippen LogP contribution in [0.4, 0.5) is 4.39 Å². The van der Waals surface area contributed by atoms with Gasteiger partial charge in [-0.05, 0) is 36.6 Å². The molecule has 18 heavy (non-hydrogen) atoms. The first kappa shape index (κ1) is 15.2.